The van der Waals surface area contributed by atoms with E-state index in [-0.39, 0.29) is 5.41 Å². The first-order valence-corrected chi connectivity index (χ1v) is 8.11. The van der Waals surface area contributed by atoms with Gasteiger partial charge >= 0.3 is 0 Å². The van der Waals surface area contributed by atoms with E-state index in [2.05, 4.69) is 64.1 Å². The maximum Gasteiger partial charge on any atom is 0.0701 e. The first-order chi connectivity index (χ1) is 8.08. The van der Waals surface area contributed by atoms with Crippen molar-refractivity contribution >= 4 is 38.6 Å². The highest BCUT2D eigenvalue weighted by Crippen LogP contribution is 2.27. The van der Waals surface area contributed by atoms with Gasteiger partial charge in [-0.3, -0.25) is 0 Å². The van der Waals surface area contributed by atoms with E-state index < -0.39 is 0 Å². The fourth-order valence-corrected chi connectivity index (χ4v) is 3.77. The predicted octanol–water partition coefficient (Wildman–Crippen LogP) is 4.64. The molecule has 0 amide bonds. The van der Waals surface area contributed by atoms with Crippen molar-refractivity contribution in [2.45, 2.75) is 25.8 Å². The van der Waals surface area contributed by atoms with Crippen LogP contribution in [0.25, 0.3) is 0 Å². The Morgan fingerprint density at radius 3 is 2.76 bits per heavy atom. The van der Waals surface area contributed by atoms with E-state index in [4.69, 9.17) is 0 Å². The minimum Gasteiger partial charge on any atom is -0.312 e. The third-order valence-corrected chi connectivity index (χ3v) is 5.50. The van der Waals surface area contributed by atoms with E-state index in [9.17, 15) is 0 Å². The van der Waals surface area contributed by atoms with E-state index in [1.54, 1.807) is 11.3 Å². The highest BCUT2D eigenvalue weighted by atomic mass is 79.9. The third-order valence-electron chi connectivity index (χ3n) is 2.71. The minimum absolute atomic E-state index is 0.210. The van der Waals surface area contributed by atoms with Gasteiger partial charge in [0.25, 0.3) is 0 Å². The zero-order chi connectivity index (χ0) is 12.3. The molecule has 1 N–H and O–H groups in total. The van der Waals surface area contributed by atoms with E-state index in [0.717, 1.165) is 13.1 Å². The van der Waals surface area contributed by atoms with Crippen LogP contribution in [-0.2, 0) is 12.0 Å². The highest BCUT2D eigenvalue weighted by Gasteiger charge is 2.20. The minimum atomic E-state index is 0.210. The van der Waals surface area contributed by atoms with Crippen molar-refractivity contribution in [3.8, 4) is 0 Å². The van der Waals surface area contributed by atoms with Crippen LogP contribution in [0.15, 0.2) is 32.7 Å². The van der Waals surface area contributed by atoms with E-state index in [1.807, 2.05) is 11.3 Å². The van der Waals surface area contributed by atoms with Crippen molar-refractivity contribution in [2.75, 3.05) is 6.54 Å². The summed E-state index contributed by atoms with van der Waals surface area (Å²) in [5.41, 5.74) is 1.56. The van der Waals surface area contributed by atoms with Gasteiger partial charge in [-0.25, -0.2) is 0 Å². The summed E-state index contributed by atoms with van der Waals surface area (Å²) in [5.74, 6) is 0. The molecule has 0 aromatic carbocycles. The number of halogens is 1. The molecule has 1 nitrogen and oxygen atoms in total. The number of rotatable bonds is 5. The summed E-state index contributed by atoms with van der Waals surface area (Å²) in [5, 5.41) is 7.87. The molecule has 0 spiro atoms. The lowest BCUT2D eigenvalue weighted by atomic mass is 9.91. The Morgan fingerprint density at radius 2 is 2.18 bits per heavy atom. The summed E-state index contributed by atoms with van der Waals surface area (Å²) in [6, 6.07) is 6.51. The molecule has 2 heterocycles. The zero-order valence-corrected chi connectivity index (χ0v) is 13.2. The van der Waals surface area contributed by atoms with Crippen LogP contribution in [0.3, 0.4) is 0 Å². The third kappa shape index (κ3) is 3.65. The molecule has 0 saturated carbocycles. The van der Waals surface area contributed by atoms with Crippen LogP contribution < -0.4 is 5.32 Å². The van der Waals surface area contributed by atoms with Crippen molar-refractivity contribution in [3.63, 3.8) is 0 Å². The van der Waals surface area contributed by atoms with Crippen LogP contribution in [0.2, 0.25) is 0 Å². The van der Waals surface area contributed by atoms with Crippen LogP contribution in [0.5, 0.6) is 0 Å². The highest BCUT2D eigenvalue weighted by molar-refractivity contribution is 9.11. The summed E-state index contributed by atoms with van der Waals surface area (Å²) in [7, 11) is 0. The predicted molar refractivity (Wildman–Crippen MR) is 81.1 cm³/mol. The first kappa shape index (κ1) is 13.3. The van der Waals surface area contributed by atoms with E-state index >= 15 is 0 Å². The van der Waals surface area contributed by atoms with Gasteiger partial charge in [0.2, 0.25) is 0 Å². The molecule has 2 aromatic rings. The second-order valence-electron chi connectivity index (χ2n) is 4.72. The SMILES string of the molecule is CC(C)(CNCc1csc(Br)c1)c1cccs1. The number of thiophene rings is 2. The lowest BCUT2D eigenvalue weighted by Gasteiger charge is -2.23. The fourth-order valence-electron chi connectivity index (χ4n) is 1.71. The summed E-state index contributed by atoms with van der Waals surface area (Å²) in [6.45, 7) is 6.52. The summed E-state index contributed by atoms with van der Waals surface area (Å²) < 4.78 is 1.20. The maximum atomic E-state index is 3.54. The zero-order valence-electron chi connectivity index (χ0n) is 10.00. The van der Waals surface area contributed by atoms with Gasteiger partial charge < -0.3 is 5.32 Å². The summed E-state index contributed by atoms with van der Waals surface area (Å²) in [6.07, 6.45) is 0. The van der Waals surface area contributed by atoms with Gasteiger partial charge in [0.05, 0.1) is 3.79 Å². The summed E-state index contributed by atoms with van der Waals surface area (Å²) >= 11 is 7.06. The average molecular weight is 330 g/mol. The smallest absolute Gasteiger partial charge is 0.0701 e. The molecule has 0 aliphatic carbocycles. The molecule has 0 aliphatic rings. The Bertz CT molecular complexity index is 459. The number of hydrogen-bond donors (Lipinski definition) is 1. The Balaban J connectivity index is 1.86. The van der Waals surface area contributed by atoms with Crippen LogP contribution in [0.1, 0.15) is 24.3 Å². The molecule has 0 radical (unpaired) electrons. The molecule has 0 aliphatic heterocycles. The second-order valence-corrected chi connectivity index (χ2v) is 7.96. The molecular weight excluding hydrogens is 314 g/mol. The van der Waals surface area contributed by atoms with Crippen LogP contribution in [0, 0.1) is 0 Å². The van der Waals surface area contributed by atoms with Gasteiger partial charge in [-0.15, -0.1) is 22.7 Å². The van der Waals surface area contributed by atoms with Crippen LogP contribution in [0.4, 0.5) is 0 Å². The van der Waals surface area contributed by atoms with Crippen LogP contribution in [-0.4, -0.2) is 6.54 Å². The first-order valence-electron chi connectivity index (χ1n) is 5.55. The van der Waals surface area contributed by atoms with Crippen molar-refractivity contribution in [2.24, 2.45) is 0 Å². The fraction of sp³-hybridized carbons (Fsp3) is 0.385. The Labute approximate surface area is 119 Å². The Morgan fingerprint density at radius 1 is 1.35 bits per heavy atom. The molecule has 92 valence electrons. The van der Waals surface area contributed by atoms with Crippen molar-refractivity contribution < 1.29 is 0 Å². The average Bonchev–Trinajstić information content (AvgIpc) is 2.89. The van der Waals surface area contributed by atoms with Crippen molar-refractivity contribution in [3.05, 3.63) is 43.2 Å². The van der Waals surface area contributed by atoms with Gasteiger partial charge in [0.1, 0.15) is 0 Å². The molecule has 4 heteroatoms. The molecule has 0 fully saturated rings. The Kier molecular flexibility index (Phi) is 4.42. The van der Waals surface area contributed by atoms with Gasteiger partial charge in [0.15, 0.2) is 0 Å². The molecule has 0 saturated heterocycles. The van der Waals surface area contributed by atoms with Crippen molar-refractivity contribution in [1.29, 1.82) is 0 Å². The van der Waals surface area contributed by atoms with Gasteiger partial charge in [-0.2, -0.15) is 0 Å². The molecule has 0 unspecified atom stereocenters. The molecule has 2 rings (SSSR count). The molecule has 2 aromatic heterocycles. The topological polar surface area (TPSA) is 12.0 Å². The largest absolute Gasteiger partial charge is 0.312 e. The molecular formula is C13H16BrNS2. The lowest BCUT2D eigenvalue weighted by Crippen LogP contribution is -2.31. The lowest BCUT2D eigenvalue weighted by molar-refractivity contribution is 0.477. The molecule has 0 atom stereocenters. The quantitative estimate of drug-likeness (QED) is 0.842. The number of hydrogen-bond acceptors (Lipinski definition) is 3. The van der Waals surface area contributed by atoms with Crippen LogP contribution >= 0.6 is 38.6 Å². The molecule has 0 bridgehead atoms. The Hall–Kier alpha value is -0.160. The normalized spacial score (nSPS) is 11.9. The van der Waals surface area contributed by atoms with Crippen molar-refractivity contribution in [1.82, 2.24) is 5.32 Å². The molecule has 17 heavy (non-hydrogen) atoms. The van der Waals surface area contributed by atoms with Gasteiger partial charge in [-0.1, -0.05) is 19.9 Å². The van der Waals surface area contributed by atoms with E-state index in [1.165, 1.54) is 14.2 Å². The standard InChI is InChI=1S/C13H16BrNS2/c1-13(2,11-4-3-5-16-11)9-15-7-10-6-12(14)17-8-10/h3-6,8,15H,7,9H2,1-2H3. The van der Waals surface area contributed by atoms with Gasteiger partial charge in [-0.05, 0) is 44.4 Å². The van der Waals surface area contributed by atoms with Gasteiger partial charge in [0, 0.05) is 23.4 Å². The second kappa shape index (κ2) is 5.65. The number of nitrogens with one attached hydrogen (secondary N) is 1. The maximum absolute atomic E-state index is 3.54. The van der Waals surface area contributed by atoms with E-state index in [0.29, 0.717) is 0 Å². The monoisotopic (exact) mass is 329 g/mol. The summed E-state index contributed by atoms with van der Waals surface area (Å²) in [4.78, 5) is 1.44.